The number of benzene rings is 2. The first-order chi connectivity index (χ1) is 16.7. The highest BCUT2D eigenvalue weighted by Gasteiger charge is 2.26. The number of methoxy groups -OCH3 is 1. The molecule has 0 spiro atoms. The van der Waals surface area contributed by atoms with Crippen LogP contribution in [0, 0.1) is 22.7 Å². The lowest BCUT2D eigenvalue weighted by Crippen LogP contribution is -2.38. The quantitative estimate of drug-likeness (QED) is 0.341. The van der Waals surface area contributed by atoms with E-state index in [-0.39, 0.29) is 17.0 Å². The lowest BCUT2D eigenvalue weighted by molar-refractivity contribution is 0.122. The zero-order valence-electron chi connectivity index (χ0n) is 18.5. The van der Waals surface area contributed by atoms with Gasteiger partial charge in [-0.1, -0.05) is 30.3 Å². The number of para-hydroxylation sites is 1. The maximum absolute atomic E-state index is 11.0. The second-order valence-electron chi connectivity index (χ2n) is 7.37. The fourth-order valence-electron chi connectivity index (χ4n) is 3.58. The Labute approximate surface area is 197 Å². The third kappa shape index (κ3) is 4.60. The van der Waals surface area contributed by atoms with E-state index < -0.39 is 5.76 Å². The van der Waals surface area contributed by atoms with E-state index >= 15 is 0 Å². The van der Waals surface area contributed by atoms with Gasteiger partial charge in [0.1, 0.15) is 23.5 Å². The Bertz CT molecular complexity index is 1290. The normalized spacial score (nSPS) is 14.7. The Balaban J connectivity index is 1.83. The molecule has 1 saturated heterocycles. The highest BCUT2D eigenvalue weighted by Crippen LogP contribution is 2.28. The molecule has 0 saturated carbocycles. The minimum atomic E-state index is -0.473. The summed E-state index contributed by atoms with van der Waals surface area (Å²) in [6, 6.07) is 20.3. The maximum atomic E-state index is 11.0. The molecule has 2 heterocycles. The molecule has 4 rings (SSSR count). The van der Waals surface area contributed by atoms with Gasteiger partial charge in [-0.25, -0.2) is 0 Å². The molecular formula is C25H22N6O3. The smallest absolute Gasteiger partial charge is 0.232 e. The topological polar surface area (TPSA) is 120 Å². The fraction of sp³-hybridized carbons (Fsp3) is 0.200. The summed E-state index contributed by atoms with van der Waals surface area (Å²) in [4.78, 5) is 2.01. The van der Waals surface area contributed by atoms with Gasteiger partial charge in [-0.2, -0.15) is 10.5 Å². The summed E-state index contributed by atoms with van der Waals surface area (Å²) in [6.45, 7) is 2.32. The number of nitriles is 2. The number of anilines is 1. The molecule has 9 nitrogen and oxygen atoms in total. The van der Waals surface area contributed by atoms with Crippen molar-refractivity contribution in [3.8, 4) is 23.6 Å². The first-order valence-corrected chi connectivity index (χ1v) is 10.6. The van der Waals surface area contributed by atoms with Gasteiger partial charge in [0.15, 0.2) is 11.6 Å². The molecule has 0 radical (unpaired) electrons. The van der Waals surface area contributed by atoms with Crippen molar-refractivity contribution in [2.24, 2.45) is 0 Å². The predicted molar refractivity (Wildman–Crippen MR) is 126 cm³/mol. The molecular weight excluding hydrogens is 432 g/mol. The van der Waals surface area contributed by atoms with Crippen LogP contribution < -0.4 is 9.64 Å². The summed E-state index contributed by atoms with van der Waals surface area (Å²) in [7, 11) is 1.56. The van der Waals surface area contributed by atoms with Gasteiger partial charge >= 0.3 is 0 Å². The van der Waals surface area contributed by atoms with Gasteiger partial charge in [-0.3, -0.25) is 4.57 Å². The Kier molecular flexibility index (Phi) is 6.87. The van der Waals surface area contributed by atoms with Crippen molar-refractivity contribution in [1.29, 1.82) is 10.5 Å². The molecule has 3 aromatic rings. The first kappa shape index (κ1) is 22.6. The number of morpholine rings is 1. The Morgan fingerprint density at radius 1 is 1.03 bits per heavy atom. The predicted octanol–water partition coefficient (Wildman–Crippen LogP) is 3.51. The number of aromatic nitrogens is 3. The van der Waals surface area contributed by atoms with Crippen LogP contribution in [0.4, 0.5) is 5.95 Å². The van der Waals surface area contributed by atoms with E-state index in [0.29, 0.717) is 43.6 Å². The minimum Gasteiger partial charge on any atom is -0.505 e. The van der Waals surface area contributed by atoms with Crippen molar-refractivity contribution in [1.82, 2.24) is 14.8 Å². The summed E-state index contributed by atoms with van der Waals surface area (Å²) >= 11 is 0. The van der Waals surface area contributed by atoms with Crippen molar-refractivity contribution in [3.05, 3.63) is 77.3 Å². The third-order valence-corrected chi connectivity index (χ3v) is 5.33. The van der Waals surface area contributed by atoms with Crippen LogP contribution in [-0.2, 0) is 4.74 Å². The molecule has 1 aliphatic rings. The molecule has 170 valence electrons. The summed E-state index contributed by atoms with van der Waals surface area (Å²) < 4.78 is 12.3. The highest BCUT2D eigenvalue weighted by atomic mass is 16.5. The number of rotatable bonds is 6. The molecule has 9 heteroatoms. The fourth-order valence-corrected chi connectivity index (χ4v) is 3.58. The molecule has 34 heavy (non-hydrogen) atoms. The molecule has 0 bridgehead atoms. The van der Waals surface area contributed by atoms with Crippen molar-refractivity contribution in [2.75, 3.05) is 38.3 Å². The monoisotopic (exact) mass is 454 g/mol. The van der Waals surface area contributed by atoms with E-state index in [9.17, 15) is 15.6 Å². The number of nitrogens with zero attached hydrogens (tertiary/aromatic N) is 6. The maximum Gasteiger partial charge on any atom is 0.232 e. The van der Waals surface area contributed by atoms with E-state index in [4.69, 9.17) is 9.47 Å². The van der Waals surface area contributed by atoms with E-state index in [1.54, 1.807) is 35.9 Å². The van der Waals surface area contributed by atoms with Crippen LogP contribution in [0.25, 0.3) is 17.3 Å². The van der Waals surface area contributed by atoms with Crippen LogP contribution >= 0.6 is 0 Å². The largest absolute Gasteiger partial charge is 0.505 e. The molecule has 1 fully saturated rings. The van der Waals surface area contributed by atoms with Gasteiger partial charge in [-0.05, 0) is 35.9 Å². The number of ether oxygens (including phenoxy) is 2. The lowest BCUT2D eigenvalue weighted by atomic mass is 10.1. The standard InChI is InChI=1S/C25H22N6O3/c1-33-21-9-7-18(8-10-21)15-19(16-26)23(32)22(17-27)24-28-29-25(30-11-13-34-14-12-30)31(24)20-5-3-2-4-6-20/h2-10,15,32H,11-14H2,1H3/b19-15?,23-22-. The van der Waals surface area contributed by atoms with Crippen LogP contribution in [0.3, 0.4) is 0 Å². The minimum absolute atomic E-state index is 0.0720. The average molecular weight is 454 g/mol. The molecule has 2 aromatic carbocycles. The van der Waals surface area contributed by atoms with Crippen molar-refractivity contribution >= 4 is 17.6 Å². The van der Waals surface area contributed by atoms with Gasteiger partial charge in [0.25, 0.3) is 0 Å². The second kappa shape index (κ2) is 10.3. The highest BCUT2D eigenvalue weighted by molar-refractivity contribution is 5.82. The van der Waals surface area contributed by atoms with Crippen LogP contribution in [0.5, 0.6) is 5.75 Å². The molecule has 1 N–H and O–H groups in total. The van der Waals surface area contributed by atoms with Gasteiger partial charge in [0.05, 0.1) is 31.6 Å². The summed E-state index contributed by atoms with van der Waals surface area (Å²) in [5, 5.41) is 39.3. The van der Waals surface area contributed by atoms with E-state index in [1.165, 1.54) is 6.08 Å². The second-order valence-corrected chi connectivity index (χ2v) is 7.37. The number of hydrogen-bond donors (Lipinski definition) is 1. The van der Waals surface area contributed by atoms with Crippen LogP contribution in [-0.4, -0.2) is 53.3 Å². The van der Waals surface area contributed by atoms with Gasteiger partial charge in [-0.15, -0.1) is 10.2 Å². The zero-order valence-corrected chi connectivity index (χ0v) is 18.5. The molecule has 0 atom stereocenters. The number of allylic oxidation sites excluding steroid dienone is 2. The van der Waals surface area contributed by atoms with E-state index in [1.807, 2.05) is 47.4 Å². The summed E-state index contributed by atoms with van der Waals surface area (Å²) in [6.07, 6.45) is 1.50. The number of aliphatic hydroxyl groups is 1. The van der Waals surface area contributed by atoms with Gasteiger partial charge in [0.2, 0.25) is 5.95 Å². The molecule has 1 aromatic heterocycles. The van der Waals surface area contributed by atoms with Crippen LogP contribution in [0.2, 0.25) is 0 Å². The molecule has 0 amide bonds. The summed E-state index contributed by atoms with van der Waals surface area (Å²) in [5.74, 6) is 0.866. The lowest BCUT2D eigenvalue weighted by Gasteiger charge is -2.28. The zero-order chi connectivity index (χ0) is 23.9. The van der Waals surface area contributed by atoms with E-state index in [2.05, 4.69) is 10.2 Å². The van der Waals surface area contributed by atoms with Crippen LogP contribution in [0.1, 0.15) is 11.4 Å². The Hall–Kier alpha value is -4.60. The number of hydrogen-bond acceptors (Lipinski definition) is 8. The Morgan fingerprint density at radius 2 is 1.74 bits per heavy atom. The average Bonchev–Trinajstić information content (AvgIpc) is 3.33. The van der Waals surface area contributed by atoms with Crippen molar-refractivity contribution < 1.29 is 14.6 Å². The molecule has 1 aliphatic heterocycles. The third-order valence-electron chi connectivity index (χ3n) is 5.33. The van der Waals surface area contributed by atoms with Gasteiger partial charge < -0.3 is 19.5 Å². The Morgan fingerprint density at radius 3 is 2.35 bits per heavy atom. The number of aliphatic hydroxyl groups excluding tert-OH is 1. The summed E-state index contributed by atoms with van der Waals surface area (Å²) in [5.41, 5.74) is 1.16. The van der Waals surface area contributed by atoms with Crippen LogP contribution in [0.15, 0.2) is 65.9 Å². The SMILES string of the molecule is COc1ccc(C=C(C#N)/C(O)=C(\C#N)c2nnc(N3CCOCC3)n2-c2ccccc2)cc1. The first-order valence-electron chi connectivity index (χ1n) is 10.6. The van der Waals surface area contributed by atoms with Gasteiger partial charge in [0, 0.05) is 13.1 Å². The van der Waals surface area contributed by atoms with E-state index in [0.717, 1.165) is 5.69 Å². The molecule has 0 aliphatic carbocycles. The van der Waals surface area contributed by atoms with Crippen molar-refractivity contribution in [2.45, 2.75) is 0 Å². The van der Waals surface area contributed by atoms with Crippen molar-refractivity contribution in [3.63, 3.8) is 0 Å². The molecule has 0 unspecified atom stereocenters.